The van der Waals surface area contributed by atoms with Crippen LogP contribution in [0.15, 0.2) is 42.5 Å². The van der Waals surface area contributed by atoms with Crippen LogP contribution in [0.4, 0.5) is 10.1 Å². The molecule has 7 heteroatoms. The molecule has 2 N–H and O–H groups in total. The number of benzene rings is 2. The van der Waals surface area contributed by atoms with E-state index in [1.54, 1.807) is 18.2 Å². The number of rotatable bonds is 6. The summed E-state index contributed by atoms with van der Waals surface area (Å²) in [5.41, 5.74) is 1.77. The van der Waals surface area contributed by atoms with E-state index in [1.165, 1.54) is 12.1 Å². The Hall–Kier alpha value is -2.60. The SMILES string of the molecule is O=C(CNc1ccc(Cl)cc1F)NCc1ccc(C(=O)N2CCCC2)cc1. The van der Waals surface area contributed by atoms with Crippen LogP contribution in [0, 0.1) is 5.82 Å². The first-order valence-corrected chi connectivity index (χ1v) is 9.24. The second kappa shape index (κ2) is 8.86. The molecule has 0 aliphatic carbocycles. The third-order valence-electron chi connectivity index (χ3n) is 4.45. The quantitative estimate of drug-likeness (QED) is 0.795. The molecule has 1 heterocycles. The Labute approximate surface area is 162 Å². The van der Waals surface area contributed by atoms with Crippen LogP contribution in [0.25, 0.3) is 0 Å². The fraction of sp³-hybridized carbons (Fsp3) is 0.300. The van der Waals surface area contributed by atoms with E-state index in [1.807, 2.05) is 17.0 Å². The van der Waals surface area contributed by atoms with Gasteiger partial charge in [0.25, 0.3) is 5.91 Å². The van der Waals surface area contributed by atoms with Gasteiger partial charge in [-0.25, -0.2) is 4.39 Å². The molecule has 27 heavy (non-hydrogen) atoms. The van der Waals surface area contributed by atoms with Crippen molar-refractivity contribution in [2.75, 3.05) is 25.0 Å². The zero-order chi connectivity index (χ0) is 19.2. The van der Waals surface area contributed by atoms with Crippen molar-refractivity contribution in [3.63, 3.8) is 0 Å². The number of amides is 2. The highest BCUT2D eigenvalue weighted by molar-refractivity contribution is 6.30. The summed E-state index contributed by atoms with van der Waals surface area (Å²) in [6.07, 6.45) is 2.12. The van der Waals surface area contributed by atoms with Crippen LogP contribution in [0.2, 0.25) is 5.02 Å². The molecule has 0 aromatic heterocycles. The third kappa shape index (κ3) is 5.20. The van der Waals surface area contributed by atoms with Gasteiger partial charge in [0.1, 0.15) is 5.82 Å². The van der Waals surface area contributed by atoms with Crippen molar-refractivity contribution in [2.24, 2.45) is 0 Å². The van der Waals surface area contributed by atoms with Gasteiger partial charge in [-0.1, -0.05) is 23.7 Å². The first-order chi connectivity index (χ1) is 13.0. The minimum Gasteiger partial charge on any atom is -0.374 e. The summed E-state index contributed by atoms with van der Waals surface area (Å²) >= 11 is 5.69. The summed E-state index contributed by atoms with van der Waals surface area (Å²) in [6.45, 7) is 1.92. The van der Waals surface area contributed by atoms with Gasteiger partial charge in [0.2, 0.25) is 5.91 Å². The number of carbonyl (C=O) groups is 2. The number of hydrogen-bond acceptors (Lipinski definition) is 3. The number of hydrogen-bond donors (Lipinski definition) is 2. The highest BCUT2D eigenvalue weighted by atomic mass is 35.5. The van der Waals surface area contributed by atoms with Crippen molar-refractivity contribution >= 4 is 29.1 Å². The number of nitrogens with one attached hydrogen (secondary N) is 2. The standard InChI is InChI=1S/C20H21ClFN3O2/c21-16-7-8-18(17(22)11-16)23-13-19(26)24-12-14-3-5-15(6-4-14)20(27)25-9-1-2-10-25/h3-8,11,23H,1-2,9-10,12-13H2,(H,24,26). The van der Waals surface area contributed by atoms with E-state index in [9.17, 15) is 14.0 Å². The highest BCUT2D eigenvalue weighted by Gasteiger charge is 2.19. The van der Waals surface area contributed by atoms with Crippen molar-refractivity contribution in [2.45, 2.75) is 19.4 Å². The van der Waals surface area contributed by atoms with E-state index in [0.717, 1.165) is 31.5 Å². The number of halogens is 2. The number of nitrogens with zero attached hydrogens (tertiary/aromatic N) is 1. The zero-order valence-electron chi connectivity index (χ0n) is 14.8. The summed E-state index contributed by atoms with van der Waals surface area (Å²) < 4.78 is 13.7. The van der Waals surface area contributed by atoms with Gasteiger partial charge in [-0.05, 0) is 48.7 Å². The Kier molecular flexibility index (Phi) is 6.29. The van der Waals surface area contributed by atoms with Crippen molar-refractivity contribution in [3.05, 3.63) is 64.4 Å². The van der Waals surface area contributed by atoms with E-state index in [2.05, 4.69) is 10.6 Å². The first kappa shape index (κ1) is 19.2. The van der Waals surface area contributed by atoms with Gasteiger partial charge in [-0.2, -0.15) is 0 Å². The van der Waals surface area contributed by atoms with Crippen LogP contribution < -0.4 is 10.6 Å². The molecule has 5 nitrogen and oxygen atoms in total. The van der Waals surface area contributed by atoms with E-state index in [0.29, 0.717) is 17.1 Å². The Balaban J connectivity index is 1.46. The van der Waals surface area contributed by atoms with Gasteiger partial charge in [0.15, 0.2) is 0 Å². The Bertz CT molecular complexity index is 820. The van der Waals surface area contributed by atoms with Crippen LogP contribution >= 0.6 is 11.6 Å². The average molecular weight is 390 g/mol. The number of anilines is 1. The lowest BCUT2D eigenvalue weighted by Crippen LogP contribution is -2.29. The minimum atomic E-state index is -0.506. The average Bonchev–Trinajstić information content (AvgIpc) is 3.20. The predicted molar refractivity (Wildman–Crippen MR) is 103 cm³/mol. The molecule has 0 unspecified atom stereocenters. The minimum absolute atomic E-state index is 0.0515. The molecule has 1 saturated heterocycles. The third-order valence-corrected chi connectivity index (χ3v) is 4.69. The molecule has 0 atom stereocenters. The molecule has 2 aromatic rings. The van der Waals surface area contributed by atoms with Gasteiger partial charge in [0.05, 0.1) is 12.2 Å². The van der Waals surface area contributed by atoms with E-state index < -0.39 is 5.82 Å². The second-order valence-electron chi connectivity index (χ2n) is 6.45. The zero-order valence-corrected chi connectivity index (χ0v) is 15.6. The van der Waals surface area contributed by atoms with Gasteiger partial charge < -0.3 is 15.5 Å². The highest BCUT2D eigenvalue weighted by Crippen LogP contribution is 2.18. The number of carbonyl (C=O) groups excluding carboxylic acids is 2. The lowest BCUT2D eigenvalue weighted by Gasteiger charge is -2.15. The van der Waals surface area contributed by atoms with Gasteiger partial charge >= 0.3 is 0 Å². The maximum Gasteiger partial charge on any atom is 0.253 e. The monoisotopic (exact) mass is 389 g/mol. The van der Waals surface area contributed by atoms with Gasteiger partial charge in [-0.15, -0.1) is 0 Å². The van der Waals surface area contributed by atoms with Gasteiger partial charge in [-0.3, -0.25) is 9.59 Å². The topological polar surface area (TPSA) is 61.4 Å². The molecule has 0 bridgehead atoms. The van der Waals surface area contributed by atoms with Crippen molar-refractivity contribution < 1.29 is 14.0 Å². The molecule has 0 spiro atoms. The molecule has 2 amide bonds. The predicted octanol–water partition coefficient (Wildman–Crippen LogP) is 3.44. The second-order valence-corrected chi connectivity index (χ2v) is 6.89. The summed E-state index contributed by atoms with van der Waals surface area (Å²) in [5.74, 6) is -0.715. The molecule has 1 aliphatic heterocycles. The van der Waals surface area contributed by atoms with Crippen LogP contribution in [0.5, 0.6) is 0 Å². The van der Waals surface area contributed by atoms with E-state index in [4.69, 9.17) is 11.6 Å². The maximum absolute atomic E-state index is 13.7. The summed E-state index contributed by atoms with van der Waals surface area (Å²) in [4.78, 5) is 26.1. The molecule has 0 radical (unpaired) electrons. The summed E-state index contributed by atoms with van der Waals surface area (Å²) in [6, 6.07) is 11.4. The van der Waals surface area contributed by atoms with E-state index >= 15 is 0 Å². The Morgan fingerprint density at radius 2 is 1.78 bits per heavy atom. The molecule has 142 valence electrons. The molecule has 1 aliphatic rings. The smallest absolute Gasteiger partial charge is 0.253 e. The maximum atomic E-state index is 13.7. The fourth-order valence-electron chi connectivity index (χ4n) is 2.94. The summed E-state index contributed by atoms with van der Waals surface area (Å²) in [5, 5.41) is 5.79. The lowest BCUT2D eigenvalue weighted by atomic mass is 10.1. The first-order valence-electron chi connectivity index (χ1n) is 8.87. The van der Waals surface area contributed by atoms with Crippen LogP contribution in [-0.2, 0) is 11.3 Å². The van der Waals surface area contributed by atoms with Crippen LogP contribution in [0.1, 0.15) is 28.8 Å². The largest absolute Gasteiger partial charge is 0.374 e. The van der Waals surface area contributed by atoms with Crippen molar-refractivity contribution in [1.82, 2.24) is 10.2 Å². The van der Waals surface area contributed by atoms with Crippen molar-refractivity contribution in [1.29, 1.82) is 0 Å². The van der Waals surface area contributed by atoms with Crippen molar-refractivity contribution in [3.8, 4) is 0 Å². The Morgan fingerprint density at radius 1 is 1.07 bits per heavy atom. The van der Waals surface area contributed by atoms with E-state index in [-0.39, 0.29) is 24.0 Å². The summed E-state index contributed by atoms with van der Waals surface area (Å²) in [7, 11) is 0. The lowest BCUT2D eigenvalue weighted by molar-refractivity contribution is -0.119. The number of likely N-dealkylation sites (tertiary alicyclic amines) is 1. The van der Waals surface area contributed by atoms with Crippen LogP contribution in [-0.4, -0.2) is 36.3 Å². The fourth-order valence-corrected chi connectivity index (χ4v) is 3.10. The Morgan fingerprint density at radius 3 is 2.44 bits per heavy atom. The normalized spacial score (nSPS) is 13.5. The molecule has 2 aromatic carbocycles. The molecular weight excluding hydrogens is 369 g/mol. The molecule has 1 fully saturated rings. The molecule has 3 rings (SSSR count). The molecule has 0 saturated carbocycles. The molecular formula is C20H21ClFN3O2. The van der Waals surface area contributed by atoms with Gasteiger partial charge in [0, 0.05) is 30.2 Å². The van der Waals surface area contributed by atoms with Crippen LogP contribution in [0.3, 0.4) is 0 Å².